The highest BCUT2D eigenvalue weighted by atomic mass is 16.3. The predicted octanol–water partition coefficient (Wildman–Crippen LogP) is 4.82. The fourth-order valence-corrected chi connectivity index (χ4v) is 2.52. The third kappa shape index (κ3) is 15.9. The molecule has 1 atom stereocenters. The molecule has 0 heterocycles. The highest BCUT2D eigenvalue weighted by molar-refractivity contribution is 4.56. The summed E-state index contributed by atoms with van der Waals surface area (Å²) in [4.78, 5) is 0. The smallest absolute Gasteiger partial charge is 0.0541 e. The molecule has 0 aromatic rings. The lowest BCUT2D eigenvalue weighted by molar-refractivity contribution is 0.137. The Morgan fingerprint density at radius 2 is 1.05 bits per heavy atom. The maximum absolute atomic E-state index is 9.61. The fourth-order valence-electron chi connectivity index (χ4n) is 2.52. The zero-order chi connectivity index (χ0) is 14.2. The Morgan fingerprint density at radius 1 is 0.632 bits per heavy atom. The van der Waals surface area contributed by atoms with Gasteiger partial charge in [0.1, 0.15) is 0 Å². The minimum Gasteiger partial charge on any atom is -0.396 e. The lowest BCUT2D eigenvalue weighted by Crippen LogP contribution is -2.06. The second-order valence-corrected chi connectivity index (χ2v) is 5.84. The van der Waals surface area contributed by atoms with Crippen LogP contribution in [0.15, 0.2) is 0 Å². The molecular weight excluding hydrogens is 236 g/mol. The van der Waals surface area contributed by atoms with Gasteiger partial charge in [-0.2, -0.15) is 0 Å². The fraction of sp³-hybridized carbons (Fsp3) is 1.00. The van der Waals surface area contributed by atoms with E-state index in [2.05, 4.69) is 6.92 Å². The molecule has 0 aliphatic heterocycles. The van der Waals surface area contributed by atoms with Gasteiger partial charge in [-0.1, -0.05) is 77.6 Å². The van der Waals surface area contributed by atoms with Gasteiger partial charge in [0.25, 0.3) is 0 Å². The van der Waals surface area contributed by atoms with Gasteiger partial charge in [0, 0.05) is 6.61 Å². The van der Waals surface area contributed by atoms with E-state index in [0.29, 0.717) is 0 Å². The van der Waals surface area contributed by atoms with Crippen LogP contribution < -0.4 is 0 Å². The number of aliphatic hydroxyl groups is 2. The molecule has 0 fully saturated rings. The third-order valence-electron chi connectivity index (χ3n) is 3.84. The lowest BCUT2D eigenvalue weighted by Gasteiger charge is -2.09. The molecule has 0 rings (SSSR count). The molecule has 0 amide bonds. The van der Waals surface area contributed by atoms with E-state index in [1.54, 1.807) is 0 Å². The standard InChI is InChI=1S/C17H36O2/c1-2-3-4-5-6-7-8-9-10-11-12-14-17(19)15-13-16-18/h17-19H,2-16H2,1H3. The average Bonchev–Trinajstić information content (AvgIpc) is 2.42. The van der Waals surface area contributed by atoms with Crippen molar-refractivity contribution < 1.29 is 10.2 Å². The number of hydrogen-bond acceptors (Lipinski definition) is 2. The van der Waals surface area contributed by atoms with Gasteiger partial charge >= 0.3 is 0 Å². The predicted molar refractivity (Wildman–Crippen MR) is 83.4 cm³/mol. The molecule has 0 saturated carbocycles. The Bertz CT molecular complexity index is 159. The lowest BCUT2D eigenvalue weighted by atomic mass is 10.0. The first kappa shape index (κ1) is 18.9. The SMILES string of the molecule is CCCCCCCCCCCCCC(O)CCCO. The molecule has 1 unspecified atom stereocenters. The van der Waals surface area contributed by atoms with Crippen molar-refractivity contribution in [1.29, 1.82) is 0 Å². The molecule has 0 aliphatic rings. The van der Waals surface area contributed by atoms with E-state index in [1.807, 2.05) is 0 Å². The molecule has 19 heavy (non-hydrogen) atoms. The summed E-state index contributed by atoms with van der Waals surface area (Å²) >= 11 is 0. The molecule has 2 nitrogen and oxygen atoms in total. The summed E-state index contributed by atoms with van der Waals surface area (Å²) in [5.41, 5.74) is 0. The zero-order valence-corrected chi connectivity index (χ0v) is 13.1. The molecular formula is C17H36O2. The summed E-state index contributed by atoms with van der Waals surface area (Å²) in [6, 6.07) is 0. The first-order valence-electron chi connectivity index (χ1n) is 8.60. The minimum absolute atomic E-state index is 0.189. The van der Waals surface area contributed by atoms with E-state index in [-0.39, 0.29) is 12.7 Å². The quantitative estimate of drug-likeness (QED) is 0.420. The topological polar surface area (TPSA) is 40.5 Å². The molecule has 0 aromatic carbocycles. The van der Waals surface area contributed by atoms with E-state index in [0.717, 1.165) is 25.7 Å². The van der Waals surface area contributed by atoms with Crippen molar-refractivity contribution >= 4 is 0 Å². The van der Waals surface area contributed by atoms with Gasteiger partial charge in [0.2, 0.25) is 0 Å². The summed E-state index contributed by atoms with van der Waals surface area (Å²) in [5.74, 6) is 0. The van der Waals surface area contributed by atoms with Gasteiger partial charge in [-0.15, -0.1) is 0 Å². The van der Waals surface area contributed by atoms with Crippen molar-refractivity contribution in [2.75, 3.05) is 6.61 Å². The molecule has 0 aliphatic carbocycles. The van der Waals surface area contributed by atoms with E-state index in [1.165, 1.54) is 64.2 Å². The highest BCUT2D eigenvalue weighted by Gasteiger charge is 2.02. The summed E-state index contributed by atoms with van der Waals surface area (Å²) in [7, 11) is 0. The average molecular weight is 272 g/mol. The van der Waals surface area contributed by atoms with E-state index >= 15 is 0 Å². The van der Waals surface area contributed by atoms with Crippen LogP contribution in [0.2, 0.25) is 0 Å². The van der Waals surface area contributed by atoms with Gasteiger partial charge in [-0.3, -0.25) is 0 Å². The van der Waals surface area contributed by atoms with Crippen LogP contribution in [0.3, 0.4) is 0 Å². The Hall–Kier alpha value is -0.0800. The number of rotatable bonds is 15. The van der Waals surface area contributed by atoms with Gasteiger partial charge in [0.15, 0.2) is 0 Å². The first-order valence-corrected chi connectivity index (χ1v) is 8.60. The van der Waals surface area contributed by atoms with Crippen LogP contribution in [0.1, 0.15) is 96.8 Å². The molecule has 2 N–H and O–H groups in total. The monoisotopic (exact) mass is 272 g/mol. The van der Waals surface area contributed by atoms with E-state index < -0.39 is 0 Å². The Balaban J connectivity index is 3.02. The second kappa shape index (κ2) is 16.0. The van der Waals surface area contributed by atoms with Crippen molar-refractivity contribution in [3.05, 3.63) is 0 Å². The molecule has 0 bridgehead atoms. The zero-order valence-electron chi connectivity index (χ0n) is 13.1. The largest absolute Gasteiger partial charge is 0.396 e. The number of aliphatic hydroxyl groups excluding tert-OH is 2. The Labute approximate surface area is 120 Å². The second-order valence-electron chi connectivity index (χ2n) is 5.84. The van der Waals surface area contributed by atoms with Gasteiger partial charge in [-0.05, 0) is 19.3 Å². The maximum Gasteiger partial charge on any atom is 0.0541 e. The van der Waals surface area contributed by atoms with Crippen molar-refractivity contribution in [3.63, 3.8) is 0 Å². The molecule has 0 aromatic heterocycles. The summed E-state index contributed by atoms with van der Waals surface area (Å²) in [6.07, 6.45) is 17.1. The normalized spacial score (nSPS) is 12.8. The van der Waals surface area contributed by atoms with Crippen LogP contribution in [0, 0.1) is 0 Å². The van der Waals surface area contributed by atoms with Crippen molar-refractivity contribution in [1.82, 2.24) is 0 Å². The minimum atomic E-state index is -0.189. The molecule has 0 spiro atoms. The van der Waals surface area contributed by atoms with Gasteiger partial charge in [0.05, 0.1) is 6.10 Å². The third-order valence-corrected chi connectivity index (χ3v) is 3.84. The Morgan fingerprint density at radius 3 is 1.53 bits per heavy atom. The van der Waals surface area contributed by atoms with Crippen LogP contribution >= 0.6 is 0 Å². The summed E-state index contributed by atoms with van der Waals surface area (Å²) in [6.45, 7) is 2.47. The first-order chi connectivity index (χ1) is 9.31. The maximum atomic E-state index is 9.61. The van der Waals surface area contributed by atoms with Gasteiger partial charge < -0.3 is 10.2 Å². The summed E-state index contributed by atoms with van der Waals surface area (Å²) < 4.78 is 0. The molecule has 0 radical (unpaired) electrons. The van der Waals surface area contributed by atoms with Crippen molar-refractivity contribution in [3.8, 4) is 0 Å². The number of unbranched alkanes of at least 4 members (excludes halogenated alkanes) is 10. The molecule has 2 heteroatoms. The number of hydrogen-bond donors (Lipinski definition) is 2. The van der Waals surface area contributed by atoms with Crippen LogP contribution in [0.5, 0.6) is 0 Å². The van der Waals surface area contributed by atoms with Crippen molar-refractivity contribution in [2.24, 2.45) is 0 Å². The van der Waals surface area contributed by atoms with Crippen LogP contribution in [-0.2, 0) is 0 Å². The van der Waals surface area contributed by atoms with Crippen molar-refractivity contribution in [2.45, 2.75) is 103 Å². The molecule has 116 valence electrons. The van der Waals surface area contributed by atoms with Crippen LogP contribution in [0.25, 0.3) is 0 Å². The van der Waals surface area contributed by atoms with Crippen LogP contribution in [0.4, 0.5) is 0 Å². The summed E-state index contributed by atoms with van der Waals surface area (Å²) in [5, 5.41) is 18.3. The Kier molecular flexibility index (Phi) is 15.9. The highest BCUT2D eigenvalue weighted by Crippen LogP contribution is 2.13. The van der Waals surface area contributed by atoms with Crippen LogP contribution in [-0.4, -0.2) is 22.9 Å². The van der Waals surface area contributed by atoms with E-state index in [4.69, 9.17) is 5.11 Å². The van der Waals surface area contributed by atoms with Gasteiger partial charge in [-0.25, -0.2) is 0 Å². The molecule has 0 saturated heterocycles. The van der Waals surface area contributed by atoms with E-state index in [9.17, 15) is 5.11 Å².